The van der Waals surface area contributed by atoms with Crippen LogP contribution in [0.3, 0.4) is 0 Å². The molecule has 2 rings (SSSR count). The van der Waals surface area contributed by atoms with Gasteiger partial charge in [0.05, 0.1) is 0 Å². The number of likely N-dealkylation sites (N-methyl/N-ethyl adjacent to an activating group) is 1. The number of hydrogen-bond acceptors (Lipinski definition) is 2. The zero-order valence-electron chi connectivity index (χ0n) is 12.9. The minimum atomic E-state index is 0.644. The second kappa shape index (κ2) is 6.53. The molecule has 0 saturated carbocycles. The predicted molar refractivity (Wildman–Crippen MR) is 82.9 cm³/mol. The van der Waals surface area contributed by atoms with Gasteiger partial charge in [0, 0.05) is 19.1 Å². The second-order valence-corrected chi connectivity index (χ2v) is 6.15. The molecule has 2 heteroatoms. The van der Waals surface area contributed by atoms with Crippen LogP contribution < -0.4 is 5.32 Å². The van der Waals surface area contributed by atoms with Gasteiger partial charge < -0.3 is 10.2 Å². The molecule has 1 aliphatic rings. The monoisotopic (exact) mass is 260 g/mol. The normalized spacial score (nSPS) is 24.6. The summed E-state index contributed by atoms with van der Waals surface area (Å²) in [7, 11) is 2.24. The first-order chi connectivity index (χ1) is 9.10. The van der Waals surface area contributed by atoms with Crippen LogP contribution in [-0.2, 0) is 0 Å². The number of nitrogens with zero attached hydrogens (tertiary/aromatic N) is 1. The van der Waals surface area contributed by atoms with Gasteiger partial charge >= 0.3 is 0 Å². The van der Waals surface area contributed by atoms with Crippen molar-refractivity contribution in [1.82, 2.24) is 10.2 Å². The summed E-state index contributed by atoms with van der Waals surface area (Å²) in [6, 6.07) is 7.62. The van der Waals surface area contributed by atoms with E-state index in [0.29, 0.717) is 12.0 Å². The first-order valence-electron chi connectivity index (χ1n) is 7.59. The van der Waals surface area contributed by atoms with Crippen molar-refractivity contribution in [3.05, 3.63) is 34.9 Å². The number of aryl methyl sites for hydroxylation is 2. The van der Waals surface area contributed by atoms with E-state index < -0.39 is 0 Å². The fourth-order valence-corrected chi connectivity index (χ4v) is 3.08. The van der Waals surface area contributed by atoms with Crippen molar-refractivity contribution in [3.63, 3.8) is 0 Å². The lowest BCUT2D eigenvalue weighted by Crippen LogP contribution is -2.47. The zero-order chi connectivity index (χ0) is 13.8. The van der Waals surface area contributed by atoms with Gasteiger partial charge in [-0.25, -0.2) is 0 Å². The van der Waals surface area contributed by atoms with E-state index in [4.69, 9.17) is 0 Å². The Bertz CT molecular complexity index is 414. The highest BCUT2D eigenvalue weighted by molar-refractivity contribution is 5.32. The standard InChI is InChI=1S/C17H28N2/c1-5-8-18-17-10-16(11-19(4)12-17)15-7-6-13(2)14(3)9-15/h6-7,9,16-18H,5,8,10-12H2,1-4H3. The molecule has 0 amide bonds. The Morgan fingerprint density at radius 3 is 2.68 bits per heavy atom. The molecule has 1 aromatic carbocycles. The Labute approximate surface area is 118 Å². The van der Waals surface area contributed by atoms with E-state index in [0.717, 1.165) is 6.54 Å². The molecule has 0 bridgehead atoms. The molecular formula is C17H28N2. The molecule has 0 aromatic heterocycles. The van der Waals surface area contributed by atoms with E-state index in [1.807, 2.05) is 0 Å². The van der Waals surface area contributed by atoms with Crippen molar-refractivity contribution in [3.8, 4) is 0 Å². The minimum absolute atomic E-state index is 0.644. The summed E-state index contributed by atoms with van der Waals surface area (Å²) in [6.45, 7) is 10.2. The van der Waals surface area contributed by atoms with Crippen LogP contribution in [0, 0.1) is 13.8 Å². The largest absolute Gasteiger partial charge is 0.313 e. The quantitative estimate of drug-likeness (QED) is 0.895. The fourth-order valence-electron chi connectivity index (χ4n) is 3.08. The summed E-state index contributed by atoms with van der Waals surface area (Å²) in [6.07, 6.45) is 2.49. The van der Waals surface area contributed by atoms with E-state index in [-0.39, 0.29) is 0 Å². The number of hydrogen-bond donors (Lipinski definition) is 1. The van der Waals surface area contributed by atoms with E-state index in [2.05, 4.69) is 56.2 Å². The summed E-state index contributed by atoms with van der Waals surface area (Å²) < 4.78 is 0. The van der Waals surface area contributed by atoms with E-state index in [9.17, 15) is 0 Å². The summed E-state index contributed by atoms with van der Waals surface area (Å²) in [5.41, 5.74) is 4.33. The molecule has 106 valence electrons. The average molecular weight is 260 g/mol. The Kier molecular flexibility index (Phi) is 5.00. The SMILES string of the molecule is CCCNC1CC(c2ccc(C)c(C)c2)CN(C)C1. The molecular weight excluding hydrogens is 232 g/mol. The Hall–Kier alpha value is -0.860. The van der Waals surface area contributed by atoms with Crippen LogP contribution in [0.25, 0.3) is 0 Å². The molecule has 0 radical (unpaired) electrons. The van der Waals surface area contributed by atoms with Crippen molar-refractivity contribution in [1.29, 1.82) is 0 Å². The first-order valence-corrected chi connectivity index (χ1v) is 7.59. The molecule has 1 aliphatic heterocycles. The van der Waals surface area contributed by atoms with E-state index in [1.54, 1.807) is 0 Å². The van der Waals surface area contributed by atoms with Crippen LogP contribution >= 0.6 is 0 Å². The third-order valence-corrected chi connectivity index (χ3v) is 4.32. The van der Waals surface area contributed by atoms with Gasteiger partial charge in [0.1, 0.15) is 0 Å². The maximum Gasteiger partial charge on any atom is 0.0201 e. The molecule has 0 aliphatic carbocycles. The fraction of sp³-hybridized carbons (Fsp3) is 0.647. The number of nitrogens with one attached hydrogen (secondary N) is 1. The molecule has 2 nitrogen and oxygen atoms in total. The van der Waals surface area contributed by atoms with Crippen LogP contribution in [0.1, 0.15) is 42.4 Å². The molecule has 19 heavy (non-hydrogen) atoms. The van der Waals surface area contributed by atoms with Crippen molar-refractivity contribution < 1.29 is 0 Å². The van der Waals surface area contributed by atoms with Crippen LogP contribution in [0.15, 0.2) is 18.2 Å². The Morgan fingerprint density at radius 1 is 1.21 bits per heavy atom. The Balaban J connectivity index is 2.07. The van der Waals surface area contributed by atoms with Gasteiger partial charge in [0.2, 0.25) is 0 Å². The lowest BCUT2D eigenvalue weighted by molar-refractivity contribution is 0.205. The van der Waals surface area contributed by atoms with E-state index >= 15 is 0 Å². The molecule has 1 fully saturated rings. The lowest BCUT2D eigenvalue weighted by Gasteiger charge is -2.36. The predicted octanol–water partition coefficient (Wildman–Crippen LogP) is 3.09. The molecule has 1 saturated heterocycles. The number of rotatable bonds is 4. The van der Waals surface area contributed by atoms with Gasteiger partial charge in [-0.2, -0.15) is 0 Å². The Morgan fingerprint density at radius 2 is 2.00 bits per heavy atom. The average Bonchev–Trinajstić information content (AvgIpc) is 2.39. The lowest BCUT2D eigenvalue weighted by atomic mass is 9.87. The molecule has 1 aromatic rings. The number of likely N-dealkylation sites (tertiary alicyclic amines) is 1. The van der Waals surface area contributed by atoms with Gasteiger partial charge in [0.25, 0.3) is 0 Å². The van der Waals surface area contributed by atoms with Crippen LogP contribution in [0.5, 0.6) is 0 Å². The molecule has 2 unspecified atom stereocenters. The topological polar surface area (TPSA) is 15.3 Å². The smallest absolute Gasteiger partial charge is 0.0201 e. The first kappa shape index (κ1) is 14.5. The highest BCUT2D eigenvalue weighted by Crippen LogP contribution is 2.27. The van der Waals surface area contributed by atoms with Crippen LogP contribution in [0.2, 0.25) is 0 Å². The maximum absolute atomic E-state index is 3.69. The molecule has 2 atom stereocenters. The molecule has 1 N–H and O–H groups in total. The van der Waals surface area contributed by atoms with Gasteiger partial charge in [-0.15, -0.1) is 0 Å². The number of benzene rings is 1. The maximum atomic E-state index is 3.69. The van der Waals surface area contributed by atoms with Gasteiger partial charge in [-0.1, -0.05) is 25.1 Å². The van der Waals surface area contributed by atoms with Crippen LogP contribution in [-0.4, -0.2) is 37.6 Å². The van der Waals surface area contributed by atoms with Crippen molar-refractivity contribution in [2.45, 2.75) is 45.6 Å². The van der Waals surface area contributed by atoms with E-state index in [1.165, 1.54) is 42.6 Å². The highest BCUT2D eigenvalue weighted by atomic mass is 15.1. The summed E-state index contributed by atoms with van der Waals surface area (Å²) in [5, 5.41) is 3.69. The number of piperidine rings is 1. The van der Waals surface area contributed by atoms with Gasteiger partial charge in [-0.3, -0.25) is 0 Å². The summed E-state index contributed by atoms with van der Waals surface area (Å²) in [4.78, 5) is 2.47. The van der Waals surface area contributed by atoms with Crippen LogP contribution in [0.4, 0.5) is 0 Å². The van der Waals surface area contributed by atoms with Crippen molar-refractivity contribution in [2.75, 3.05) is 26.7 Å². The van der Waals surface area contributed by atoms with Crippen molar-refractivity contribution in [2.24, 2.45) is 0 Å². The summed E-state index contributed by atoms with van der Waals surface area (Å²) >= 11 is 0. The van der Waals surface area contributed by atoms with Gasteiger partial charge in [-0.05, 0) is 62.9 Å². The minimum Gasteiger partial charge on any atom is -0.313 e. The highest BCUT2D eigenvalue weighted by Gasteiger charge is 2.25. The third-order valence-electron chi connectivity index (χ3n) is 4.32. The summed E-state index contributed by atoms with van der Waals surface area (Å²) in [5.74, 6) is 0.674. The van der Waals surface area contributed by atoms with Crippen molar-refractivity contribution >= 4 is 0 Å². The molecule has 0 spiro atoms. The van der Waals surface area contributed by atoms with Gasteiger partial charge in [0.15, 0.2) is 0 Å². The molecule has 1 heterocycles. The third kappa shape index (κ3) is 3.80. The zero-order valence-corrected chi connectivity index (χ0v) is 12.9. The second-order valence-electron chi connectivity index (χ2n) is 6.15.